The Morgan fingerprint density at radius 2 is 1.88 bits per heavy atom. The van der Waals surface area contributed by atoms with Gasteiger partial charge >= 0.3 is 11.9 Å². The number of hydrogen-bond donors (Lipinski definition) is 2. The van der Waals surface area contributed by atoms with E-state index in [4.69, 9.17) is 0 Å². The second-order valence-electron chi connectivity index (χ2n) is 4.88. The first-order valence-corrected chi connectivity index (χ1v) is 6.97. The number of allylic oxidation sites excluding steroid dienone is 1. The van der Waals surface area contributed by atoms with Gasteiger partial charge in [0, 0.05) is 18.3 Å². The summed E-state index contributed by atoms with van der Waals surface area (Å²) >= 11 is 0. The average molecular weight is 386 g/mol. The highest BCUT2D eigenvalue weighted by Crippen LogP contribution is 2.23. The summed E-state index contributed by atoms with van der Waals surface area (Å²) in [5.74, 6) is -0.544. The lowest BCUT2D eigenvalue weighted by Crippen LogP contribution is -2.23. The Labute approximate surface area is 157 Å². The number of nitrogens with one attached hydrogen (secondary N) is 1. The van der Waals surface area contributed by atoms with Gasteiger partial charge in [-0.1, -0.05) is 30.3 Å². The summed E-state index contributed by atoms with van der Waals surface area (Å²) in [4.78, 5) is 33.1. The summed E-state index contributed by atoms with van der Waals surface area (Å²) in [6.07, 6.45) is 3.14. The number of benzene rings is 1. The summed E-state index contributed by atoms with van der Waals surface area (Å²) in [6, 6.07) is 9.69. The third kappa shape index (κ3) is 6.47. The van der Waals surface area contributed by atoms with Gasteiger partial charge < -0.3 is 15.2 Å². The molecule has 0 spiro atoms. The molecule has 1 heterocycles. The molecule has 0 aromatic heterocycles. The minimum atomic E-state index is -1.09. The highest BCUT2D eigenvalue weighted by atomic mass is 35.5. The van der Waals surface area contributed by atoms with E-state index in [1.807, 2.05) is 30.3 Å². The number of ether oxygens (including phenoxy) is 1. The molecule has 8 heteroatoms. The number of hydrogen-bond acceptors (Lipinski definition) is 5. The van der Waals surface area contributed by atoms with Crippen molar-refractivity contribution < 1.29 is 24.2 Å². The van der Waals surface area contributed by atoms with Crippen LogP contribution < -0.4 is 5.32 Å². The Balaban J connectivity index is 0.00000288. The average Bonchev–Trinajstić information content (AvgIpc) is 2.58. The van der Waals surface area contributed by atoms with Gasteiger partial charge in [0.05, 0.1) is 11.1 Å². The van der Waals surface area contributed by atoms with E-state index in [1.165, 1.54) is 12.1 Å². The number of carbonyl (C=O) groups excluding carboxylic acids is 2. The molecule has 6 nitrogen and oxygen atoms in total. The van der Waals surface area contributed by atoms with E-state index < -0.39 is 11.9 Å². The first-order valence-electron chi connectivity index (χ1n) is 6.97. The summed E-state index contributed by atoms with van der Waals surface area (Å²) in [6.45, 7) is 0. The Morgan fingerprint density at radius 3 is 2.48 bits per heavy atom. The molecule has 1 aliphatic heterocycles. The molecule has 134 valence electrons. The van der Waals surface area contributed by atoms with Crippen LogP contribution in [-0.2, 0) is 25.5 Å². The number of carboxylic acids is 1. The number of aliphatic carboxylic acids is 1. The molecule has 0 unspecified atom stereocenters. The lowest BCUT2D eigenvalue weighted by Gasteiger charge is -2.19. The molecule has 0 saturated carbocycles. The zero-order valence-electron chi connectivity index (χ0n) is 13.1. The van der Waals surface area contributed by atoms with Crippen LogP contribution in [0.3, 0.4) is 0 Å². The quantitative estimate of drug-likeness (QED) is 0.444. The van der Waals surface area contributed by atoms with Crippen LogP contribution in [0.25, 0.3) is 0 Å². The molecular weight excluding hydrogens is 369 g/mol. The smallest absolute Gasteiger partial charge is 0.341 e. The predicted molar refractivity (Wildman–Crippen MR) is 96.1 cm³/mol. The van der Waals surface area contributed by atoms with Gasteiger partial charge in [-0.05, 0) is 18.4 Å². The fraction of sp³-hybridized carbons (Fsp3) is 0.176. The van der Waals surface area contributed by atoms with Crippen LogP contribution in [0.4, 0.5) is 0 Å². The molecule has 0 radical (unpaired) electrons. The molecule has 25 heavy (non-hydrogen) atoms. The van der Waals surface area contributed by atoms with Gasteiger partial charge in [0.25, 0.3) is 0 Å². The monoisotopic (exact) mass is 385 g/mol. The molecule has 0 fully saturated rings. The highest BCUT2D eigenvalue weighted by Gasteiger charge is 2.24. The van der Waals surface area contributed by atoms with Crippen molar-refractivity contribution in [1.29, 1.82) is 0 Å². The molecular formula is C17H17Cl2NO5. The van der Waals surface area contributed by atoms with Crippen molar-refractivity contribution in [2.45, 2.75) is 19.3 Å². The lowest BCUT2D eigenvalue weighted by atomic mass is 9.97. The predicted octanol–water partition coefficient (Wildman–Crippen LogP) is 2.57. The van der Waals surface area contributed by atoms with E-state index in [-0.39, 0.29) is 42.4 Å². The number of carboxylic acid groups (broad SMARTS) is 1. The van der Waals surface area contributed by atoms with E-state index in [2.05, 4.69) is 10.1 Å². The largest absolute Gasteiger partial charge is 0.478 e. The third-order valence-corrected chi connectivity index (χ3v) is 3.39. The first-order chi connectivity index (χ1) is 11.1. The van der Waals surface area contributed by atoms with Crippen LogP contribution in [0.1, 0.15) is 18.4 Å². The van der Waals surface area contributed by atoms with Gasteiger partial charge in [-0.25, -0.2) is 14.4 Å². The highest BCUT2D eigenvalue weighted by molar-refractivity contribution is 5.95. The molecule has 0 amide bonds. The molecule has 1 aromatic rings. The molecule has 1 aromatic carbocycles. The van der Waals surface area contributed by atoms with Crippen molar-refractivity contribution in [3.8, 4) is 0 Å². The van der Waals surface area contributed by atoms with Crippen LogP contribution in [0.2, 0.25) is 0 Å². The maximum atomic E-state index is 11.7. The molecule has 2 rings (SSSR count). The third-order valence-electron chi connectivity index (χ3n) is 3.39. The lowest BCUT2D eigenvalue weighted by molar-refractivity contribution is -0.133. The van der Waals surface area contributed by atoms with Gasteiger partial charge in [0.2, 0.25) is 0 Å². The van der Waals surface area contributed by atoms with E-state index in [0.717, 1.165) is 5.56 Å². The Kier molecular flexibility index (Phi) is 9.98. The van der Waals surface area contributed by atoms with E-state index in [9.17, 15) is 19.5 Å². The number of carbonyl (C=O) groups is 2. The number of halogens is 2. The number of rotatable bonds is 6. The van der Waals surface area contributed by atoms with Crippen molar-refractivity contribution in [3.05, 3.63) is 65.2 Å². The fourth-order valence-corrected chi connectivity index (χ4v) is 2.24. The molecule has 1 aliphatic rings. The minimum Gasteiger partial charge on any atom is -0.478 e. The van der Waals surface area contributed by atoms with Crippen LogP contribution in [-0.4, -0.2) is 23.0 Å². The normalized spacial score (nSPS) is 12.4. The summed E-state index contributed by atoms with van der Waals surface area (Å²) in [5.41, 5.74) is 1.91. The fourth-order valence-electron chi connectivity index (χ4n) is 2.24. The Bertz CT molecular complexity index is 722. The number of esters is 1. The van der Waals surface area contributed by atoms with Gasteiger partial charge in [-0.3, -0.25) is 0 Å². The van der Waals surface area contributed by atoms with Crippen molar-refractivity contribution in [1.82, 2.24) is 5.32 Å². The second-order valence-corrected chi connectivity index (χ2v) is 4.88. The summed E-state index contributed by atoms with van der Waals surface area (Å²) < 4.78 is 4.51. The van der Waals surface area contributed by atoms with Gasteiger partial charge in [0.15, 0.2) is 12.2 Å². The molecule has 0 atom stereocenters. The molecule has 0 bridgehead atoms. The van der Waals surface area contributed by atoms with Crippen LogP contribution >= 0.6 is 24.8 Å². The topological polar surface area (TPSA) is 92.7 Å². The van der Waals surface area contributed by atoms with E-state index in [1.54, 1.807) is 0 Å². The first kappa shape index (κ1) is 22.5. The SMILES string of the molecule is Cl.Cl.O=C=COC(=O)C1=CNC(CCc2ccccc2)=C(C(=O)O)C1. The molecule has 0 aliphatic carbocycles. The number of dihydropyridines is 1. The van der Waals surface area contributed by atoms with E-state index >= 15 is 0 Å². The van der Waals surface area contributed by atoms with Gasteiger partial charge in [-0.2, -0.15) is 0 Å². The Hall–Kier alpha value is -2.53. The van der Waals surface area contributed by atoms with Crippen LogP contribution in [0.5, 0.6) is 0 Å². The Morgan fingerprint density at radius 1 is 1.20 bits per heavy atom. The van der Waals surface area contributed by atoms with Crippen molar-refractivity contribution in [2.24, 2.45) is 0 Å². The van der Waals surface area contributed by atoms with Crippen LogP contribution in [0.15, 0.2) is 59.6 Å². The van der Waals surface area contributed by atoms with Crippen LogP contribution in [0, 0.1) is 0 Å². The summed E-state index contributed by atoms with van der Waals surface area (Å²) in [7, 11) is 0. The summed E-state index contributed by atoms with van der Waals surface area (Å²) in [5, 5.41) is 12.2. The minimum absolute atomic E-state index is 0. The van der Waals surface area contributed by atoms with Gasteiger partial charge in [-0.15, -0.1) is 24.8 Å². The van der Waals surface area contributed by atoms with Crippen molar-refractivity contribution in [3.63, 3.8) is 0 Å². The van der Waals surface area contributed by atoms with Crippen molar-refractivity contribution >= 4 is 42.7 Å². The standard InChI is InChI=1S/C17H15NO5.2ClH/c19-8-9-23-17(22)13-10-14(16(20)21)15(18-11-13)7-6-12-4-2-1-3-5-12;;/h1-5,9,11,18H,6-7,10H2,(H,20,21);2*1H. The zero-order valence-corrected chi connectivity index (χ0v) is 14.7. The maximum Gasteiger partial charge on any atom is 0.341 e. The molecule has 2 N–H and O–H groups in total. The molecule has 0 saturated heterocycles. The van der Waals surface area contributed by atoms with Gasteiger partial charge in [0.1, 0.15) is 0 Å². The maximum absolute atomic E-state index is 11.7. The second kappa shape index (κ2) is 11.1. The van der Waals surface area contributed by atoms with E-state index in [0.29, 0.717) is 24.8 Å². The number of aryl methyl sites for hydroxylation is 1. The zero-order chi connectivity index (χ0) is 16.7. The van der Waals surface area contributed by atoms with Crippen molar-refractivity contribution in [2.75, 3.05) is 0 Å².